The molecule has 94 valence electrons. The van der Waals surface area contributed by atoms with E-state index in [0.717, 1.165) is 5.76 Å². The fourth-order valence-electron chi connectivity index (χ4n) is 1.50. The fraction of sp³-hybridized carbons (Fsp3) is 0.231. The molecule has 5 nitrogen and oxygen atoms in total. The van der Waals surface area contributed by atoms with Crippen molar-refractivity contribution in [1.82, 2.24) is 5.43 Å². The van der Waals surface area contributed by atoms with E-state index in [4.69, 9.17) is 8.83 Å². The molecule has 2 aromatic rings. The van der Waals surface area contributed by atoms with Crippen LogP contribution in [0.3, 0.4) is 0 Å². The summed E-state index contributed by atoms with van der Waals surface area (Å²) in [5.41, 5.74) is 3.55. The first-order valence-electron chi connectivity index (χ1n) is 5.53. The van der Waals surface area contributed by atoms with Crippen LogP contribution in [0.4, 0.5) is 0 Å². The molecule has 0 unspecified atom stereocenters. The smallest absolute Gasteiger partial charge is 0.274 e. The van der Waals surface area contributed by atoms with Crippen LogP contribution in [0.2, 0.25) is 0 Å². The van der Waals surface area contributed by atoms with E-state index in [9.17, 15) is 4.79 Å². The summed E-state index contributed by atoms with van der Waals surface area (Å²) < 4.78 is 10.4. The van der Waals surface area contributed by atoms with Crippen molar-refractivity contribution in [2.24, 2.45) is 5.10 Å². The predicted octanol–water partition coefficient (Wildman–Crippen LogP) is 2.64. The summed E-state index contributed by atoms with van der Waals surface area (Å²) in [6, 6.07) is 5.26. The predicted molar refractivity (Wildman–Crippen MR) is 66.6 cm³/mol. The molecule has 0 atom stereocenters. The second-order valence-corrected chi connectivity index (χ2v) is 3.94. The molecule has 0 saturated carbocycles. The Morgan fingerprint density at radius 2 is 2.06 bits per heavy atom. The highest BCUT2D eigenvalue weighted by molar-refractivity contribution is 5.99. The molecule has 18 heavy (non-hydrogen) atoms. The van der Waals surface area contributed by atoms with E-state index in [1.165, 1.54) is 6.26 Å². The van der Waals surface area contributed by atoms with Crippen LogP contribution in [-0.2, 0) is 0 Å². The number of hydrazone groups is 1. The number of carbonyl (C=O) groups is 1. The Hall–Kier alpha value is -2.30. The number of nitrogens with one attached hydrogen (secondary N) is 1. The molecule has 0 aliphatic carbocycles. The van der Waals surface area contributed by atoms with Gasteiger partial charge in [0.05, 0.1) is 11.8 Å². The highest BCUT2D eigenvalue weighted by atomic mass is 16.3. The van der Waals surface area contributed by atoms with E-state index >= 15 is 0 Å². The summed E-state index contributed by atoms with van der Waals surface area (Å²) in [6.07, 6.45) is 1.47. The summed E-state index contributed by atoms with van der Waals surface area (Å²) in [5, 5.41) is 3.99. The van der Waals surface area contributed by atoms with Crippen LogP contribution in [0.15, 0.2) is 38.4 Å². The first kappa shape index (κ1) is 12.2. The molecule has 0 bridgehead atoms. The van der Waals surface area contributed by atoms with Crippen LogP contribution in [0.5, 0.6) is 0 Å². The highest BCUT2D eigenvalue weighted by Gasteiger charge is 2.11. The first-order chi connectivity index (χ1) is 8.58. The second kappa shape index (κ2) is 4.91. The summed E-state index contributed by atoms with van der Waals surface area (Å²) >= 11 is 0. The zero-order valence-electron chi connectivity index (χ0n) is 10.5. The van der Waals surface area contributed by atoms with E-state index in [1.54, 1.807) is 19.9 Å². The van der Waals surface area contributed by atoms with Crippen LogP contribution in [-0.4, -0.2) is 11.6 Å². The molecule has 1 amide bonds. The van der Waals surface area contributed by atoms with Gasteiger partial charge in [0.1, 0.15) is 23.0 Å². The van der Waals surface area contributed by atoms with E-state index < -0.39 is 0 Å². The molecular formula is C13H14N2O3. The van der Waals surface area contributed by atoms with Crippen molar-refractivity contribution in [2.75, 3.05) is 0 Å². The molecule has 0 radical (unpaired) electrons. The van der Waals surface area contributed by atoms with Crippen molar-refractivity contribution in [3.63, 3.8) is 0 Å². The monoisotopic (exact) mass is 246 g/mol. The van der Waals surface area contributed by atoms with E-state index in [1.807, 2.05) is 19.1 Å². The van der Waals surface area contributed by atoms with E-state index in [2.05, 4.69) is 10.5 Å². The number of amides is 1. The number of aryl methyl sites for hydroxylation is 2. The molecule has 0 aliphatic rings. The lowest BCUT2D eigenvalue weighted by molar-refractivity contribution is 0.0953. The molecule has 0 aliphatic heterocycles. The number of furan rings is 2. The topological polar surface area (TPSA) is 67.7 Å². The lowest BCUT2D eigenvalue weighted by atomic mass is 10.2. The van der Waals surface area contributed by atoms with Crippen LogP contribution in [0.1, 0.15) is 34.6 Å². The Bertz CT molecular complexity index is 593. The Labute approximate surface area is 104 Å². The summed E-state index contributed by atoms with van der Waals surface area (Å²) in [7, 11) is 0. The lowest BCUT2D eigenvalue weighted by Crippen LogP contribution is -2.19. The fourth-order valence-corrected chi connectivity index (χ4v) is 1.50. The summed E-state index contributed by atoms with van der Waals surface area (Å²) in [6.45, 7) is 5.34. The van der Waals surface area contributed by atoms with Crippen LogP contribution >= 0.6 is 0 Å². The minimum Gasteiger partial charge on any atom is -0.469 e. The van der Waals surface area contributed by atoms with Crippen molar-refractivity contribution in [2.45, 2.75) is 20.8 Å². The molecule has 0 fully saturated rings. The maximum atomic E-state index is 11.8. The minimum absolute atomic E-state index is 0.302. The average Bonchev–Trinajstić information content (AvgIpc) is 2.94. The van der Waals surface area contributed by atoms with Crippen molar-refractivity contribution < 1.29 is 13.6 Å². The Balaban J connectivity index is 2.07. The first-order valence-corrected chi connectivity index (χ1v) is 5.53. The molecule has 0 aromatic carbocycles. The van der Waals surface area contributed by atoms with Gasteiger partial charge in [-0.2, -0.15) is 5.10 Å². The molecule has 2 heterocycles. The third kappa shape index (κ3) is 2.51. The van der Waals surface area contributed by atoms with Gasteiger partial charge in [0.25, 0.3) is 5.91 Å². The molecule has 2 aromatic heterocycles. The van der Waals surface area contributed by atoms with Crippen molar-refractivity contribution in [3.8, 4) is 0 Å². The van der Waals surface area contributed by atoms with Gasteiger partial charge in [-0.3, -0.25) is 4.79 Å². The second-order valence-electron chi connectivity index (χ2n) is 3.94. The quantitative estimate of drug-likeness (QED) is 0.668. The van der Waals surface area contributed by atoms with Gasteiger partial charge in [0.15, 0.2) is 0 Å². The van der Waals surface area contributed by atoms with Gasteiger partial charge in [-0.1, -0.05) is 0 Å². The van der Waals surface area contributed by atoms with Crippen molar-refractivity contribution >= 4 is 11.6 Å². The third-order valence-corrected chi connectivity index (χ3v) is 2.53. The zero-order chi connectivity index (χ0) is 13.1. The lowest BCUT2D eigenvalue weighted by Gasteiger charge is -1.99. The number of hydrogen-bond donors (Lipinski definition) is 1. The van der Waals surface area contributed by atoms with Crippen LogP contribution < -0.4 is 5.43 Å². The summed E-state index contributed by atoms with van der Waals surface area (Å²) in [5.74, 6) is 1.70. The molecule has 0 spiro atoms. The molecule has 1 N–H and O–H groups in total. The minimum atomic E-state index is -0.302. The van der Waals surface area contributed by atoms with Gasteiger partial charge < -0.3 is 8.83 Å². The maximum absolute atomic E-state index is 11.8. The summed E-state index contributed by atoms with van der Waals surface area (Å²) in [4.78, 5) is 11.8. The third-order valence-electron chi connectivity index (χ3n) is 2.53. The standard InChI is InChI=1S/C13H14N2O3/c1-8-4-5-12(18-8)9(2)14-15-13(16)11-6-7-17-10(11)3/h4-7H,1-3H3,(H,15,16)/b14-9+. The van der Waals surface area contributed by atoms with Gasteiger partial charge in [-0.25, -0.2) is 5.43 Å². The number of rotatable bonds is 3. The zero-order valence-corrected chi connectivity index (χ0v) is 10.5. The molecular weight excluding hydrogens is 232 g/mol. The normalized spacial score (nSPS) is 11.6. The van der Waals surface area contributed by atoms with Crippen molar-refractivity contribution in [3.05, 3.63) is 47.3 Å². The Morgan fingerprint density at radius 1 is 1.28 bits per heavy atom. The average molecular weight is 246 g/mol. The van der Waals surface area contributed by atoms with Gasteiger partial charge >= 0.3 is 0 Å². The number of hydrogen-bond acceptors (Lipinski definition) is 4. The SMILES string of the molecule is C/C(=N\NC(=O)c1ccoc1C)c1ccc(C)o1. The van der Waals surface area contributed by atoms with E-state index in [-0.39, 0.29) is 5.91 Å². The van der Waals surface area contributed by atoms with Crippen molar-refractivity contribution in [1.29, 1.82) is 0 Å². The van der Waals surface area contributed by atoms with Gasteiger partial charge in [0, 0.05) is 0 Å². The van der Waals surface area contributed by atoms with Crippen LogP contribution in [0, 0.1) is 13.8 Å². The van der Waals surface area contributed by atoms with Gasteiger partial charge in [-0.05, 0) is 39.0 Å². The largest absolute Gasteiger partial charge is 0.469 e. The number of carbonyl (C=O) groups excluding carboxylic acids is 1. The van der Waals surface area contributed by atoms with Gasteiger partial charge in [0.2, 0.25) is 0 Å². The Morgan fingerprint density at radius 3 is 2.61 bits per heavy atom. The van der Waals surface area contributed by atoms with Gasteiger partial charge in [-0.15, -0.1) is 0 Å². The highest BCUT2D eigenvalue weighted by Crippen LogP contribution is 2.09. The molecule has 5 heteroatoms. The Kier molecular flexibility index (Phi) is 3.32. The molecule has 2 rings (SSSR count). The number of nitrogens with zero attached hydrogens (tertiary/aromatic N) is 1. The van der Waals surface area contributed by atoms with Crippen LogP contribution in [0.25, 0.3) is 0 Å². The molecule has 0 saturated heterocycles. The van der Waals surface area contributed by atoms with E-state index in [0.29, 0.717) is 22.8 Å². The maximum Gasteiger partial charge on any atom is 0.274 e.